The highest BCUT2D eigenvalue weighted by atomic mass is 35.5. The first-order valence-corrected chi connectivity index (χ1v) is 11.7. The first kappa shape index (κ1) is 21.7. The summed E-state index contributed by atoms with van der Waals surface area (Å²) in [7, 11) is -2.82. The molecule has 2 unspecified atom stereocenters. The predicted octanol–water partition coefficient (Wildman–Crippen LogP) is 6.68. The molecule has 10 heteroatoms. The van der Waals surface area contributed by atoms with Crippen LogP contribution in [0.2, 0.25) is 5.02 Å². The molecule has 0 saturated carbocycles. The maximum absolute atomic E-state index is 13.1. The molecular weight excluding hydrogens is 443 g/mol. The van der Waals surface area contributed by atoms with Gasteiger partial charge in [-0.25, -0.2) is 9.19 Å². The second-order valence-corrected chi connectivity index (χ2v) is 10.4. The molecule has 0 spiro atoms. The van der Waals surface area contributed by atoms with E-state index in [2.05, 4.69) is 14.3 Å². The van der Waals surface area contributed by atoms with Gasteiger partial charge in [-0.15, -0.1) is 11.3 Å². The number of pyridine rings is 1. The molecule has 29 heavy (non-hydrogen) atoms. The van der Waals surface area contributed by atoms with Crippen LogP contribution in [0.1, 0.15) is 29.0 Å². The Kier molecular flexibility index (Phi) is 6.03. The number of halogens is 4. The average molecular weight is 460 g/mol. The summed E-state index contributed by atoms with van der Waals surface area (Å²) >= 11 is 7.29. The van der Waals surface area contributed by atoms with Gasteiger partial charge in [-0.3, -0.25) is 4.98 Å². The molecule has 3 rings (SSSR count). The van der Waals surface area contributed by atoms with Crippen molar-refractivity contribution < 1.29 is 17.4 Å². The van der Waals surface area contributed by atoms with E-state index in [1.54, 1.807) is 18.4 Å². The Morgan fingerprint density at radius 1 is 1.24 bits per heavy atom. The fourth-order valence-corrected chi connectivity index (χ4v) is 4.99. The molecule has 4 nitrogen and oxygen atoms in total. The van der Waals surface area contributed by atoms with Gasteiger partial charge < -0.3 is 0 Å². The fourth-order valence-electron chi connectivity index (χ4n) is 2.54. The van der Waals surface area contributed by atoms with Crippen molar-refractivity contribution in [1.29, 1.82) is 0 Å². The van der Waals surface area contributed by atoms with Gasteiger partial charge in [-0.2, -0.15) is 17.5 Å². The number of benzene rings is 1. The van der Waals surface area contributed by atoms with E-state index in [4.69, 9.17) is 11.6 Å². The average Bonchev–Trinajstić information content (AvgIpc) is 3.10. The highest BCUT2D eigenvalue weighted by Crippen LogP contribution is 2.33. The van der Waals surface area contributed by atoms with E-state index in [0.29, 0.717) is 21.4 Å². The van der Waals surface area contributed by atoms with Crippen molar-refractivity contribution >= 4 is 37.8 Å². The van der Waals surface area contributed by atoms with E-state index in [1.165, 1.54) is 23.7 Å². The Bertz CT molecular complexity index is 1150. The highest BCUT2D eigenvalue weighted by Gasteiger charge is 2.32. The summed E-state index contributed by atoms with van der Waals surface area (Å²) < 4.78 is 55.4. The van der Waals surface area contributed by atoms with E-state index in [0.717, 1.165) is 23.4 Å². The Hall–Kier alpha value is -1.97. The number of nitrogens with zero attached hydrogens (tertiary/aromatic N) is 3. The van der Waals surface area contributed by atoms with Gasteiger partial charge in [0.05, 0.1) is 20.7 Å². The van der Waals surface area contributed by atoms with Gasteiger partial charge in [0, 0.05) is 28.4 Å². The molecule has 0 saturated heterocycles. The normalized spacial score (nSPS) is 15.0. The van der Waals surface area contributed by atoms with E-state index in [1.807, 2.05) is 19.1 Å². The van der Waals surface area contributed by atoms with Crippen molar-refractivity contribution in [3.8, 4) is 11.3 Å². The van der Waals surface area contributed by atoms with Gasteiger partial charge >= 0.3 is 6.18 Å². The quantitative estimate of drug-likeness (QED) is 0.437. The number of rotatable bonds is 4. The summed E-state index contributed by atoms with van der Waals surface area (Å²) in [6, 6.07) is 7.69. The zero-order valence-electron chi connectivity index (χ0n) is 15.7. The summed E-state index contributed by atoms with van der Waals surface area (Å²) in [4.78, 5) is 7.86. The van der Waals surface area contributed by atoms with Crippen molar-refractivity contribution in [3.05, 3.63) is 63.8 Å². The molecule has 2 heterocycles. The van der Waals surface area contributed by atoms with Crippen LogP contribution in [0.3, 0.4) is 0 Å². The number of hydrogen-bond acceptors (Lipinski definition) is 5. The highest BCUT2D eigenvalue weighted by molar-refractivity contribution is 7.93. The van der Waals surface area contributed by atoms with E-state index in [9.17, 15) is 17.4 Å². The molecule has 154 valence electrons. The summed E-state index contributed by atoms with van der Waals surface area (Å²) in [6.07, 6.45) is -1.96. The molecule has 1 aromatic carbocycles. The van der Waals surface area contributed by atoms with Crippen LogP contribution in [0.5, 0.6) is 0 Å². The van der Waals surface area contributed by atoms with Gasteiger partial charge in [-0.1, -0.05) is 23.7 Å². The zero-order valence-corrected chi connectivity index (χ0v) is 18.1. The molecule has 2 atom stereocenters. The van der Waals surface area contributed by atoms with Crippen LogP contribution in [-0.2, 0) is 15.9 Å². The van der Waals surface area contributed by atoms with Gasteiger partial charge in [0.25, 0.3) is 0 Å². The van der Waals surface area contributed by atoms with Gasteiger partial charge in [-0.05, 0) is 43.2 Å². The SMILES string of the molecule is Cc1cc(-c2csc(N=S(C)(=O)C(C)c3ccc(C(F)(F)F)nc3)n2)ccc1Cl. The van der Waals surface area contributed by atoms with E-state index >= 15 is 0 Å². The molecule has 0 aliphatic rings. The number of aryl methyl sites for hydroxylation is 1. The van der Waals surface area contributed by atoms with Crippen LogP contribution in [0, 0.1) is 6.92 Å². The lowest BCUT2D eigenvalue weighted by Gasteiger charge is -2.14. The summed E-state index contributed by atoms with van der Waals surface area (Å²) in [6.45, 7) is 3.54. The number of aromatic nitrogens is 2. The first-order valence-electron chi connectivity index (χ1n) is 8.43. The van der Waals surface area contributed by atoms with Crippen LogP contribution >= 0.6 is 22.9 Å². The molecule has 0 aliphatic carbocycles. The predicted molar refractivity (Wildman–Crippen MR) is 111 cm³/mol. The maximum atomic E-state index is 13.1. The Balaban J connectivity index is 1.88. The molecule has 0 N–H and O–H groups in total. The van der Waals surface area contributed by atoms with Gasteiger partial charge in [0.1, 0.15) is 5.69 Å². The second-order valence-electron chi connectivity index (χ2n) is 6.55. The number of thiazole rings is 1. The van der Waals surface area contributed by atoms with Gasteiger partial charge in [0.15, 0.2) is 0 Å². The molecule has 2 aromatic heterocycles. The summed E-state index contributed by atoms with van der Waals surface area (Å²) in [5, 5.41) is 2.18. The Morgan fingerprint density at radius 3 is 2.55 bits per heavy atom. The second kappa shape index (κ2) is 8.04. The minimum atomic E-state index is -4.52. The van der Waals surface area contributed by atoms with Crippen molar-refractivity contribution in [1.82, 2.24) is 9.97 Å². The fraction of sp³-hybridized carbons (Fsp3) is 0.263. The van der Waals surface area contributed by atoms with Crippen LogP contribution in [0.15, 0.2) is 46.3 Å². The molecule has 0 radical (unpaired) electrons. The minimum absolute atomic E-state index is 0.340. The summed E-state index contributed by atoms with van der Waals surface area (Å²) in [5.41, 5.74) is 1.90. The van der Waals surface area contributed by atoms with E-state index in [-0.39, 0.29) is 0 Å². The molecular formula is C19H17ClF3N3OS2. The third kappa shape index (κ3) is 4.96. The molecule has 0 fully saturated rings. The monoisotopic (exact) mass is 459 g/mol. The third-order valence-electron chi connectivity index (χ3n) is 4.41. The summed E-state index contributed by atoms with van der Waals surface area (Å²) in [5.74, 6) is 0. The molecule has 0 amide bonds. The molecule has 0 bridgehead atoms. The van der Waals surface area contributed by atoms with Crippen molar-refractivity contribution in [2.24, 2.45) is 4.36 Å². The topological polar surface area (TPSA) is 55.2 Å². The number of hydrogen-bond donors (Lipinski definition) is 0. The smallest absolute Gasteiger partial charge is 0.251 e. The van der Waals surface area contributed by atoms with Crippen LogP contribution < -0.4 is 0 Å². The van der Waals surface area contributed by atoms with Crippen LogP contribution in [0.4, 0.5) is 18.3 Å². The standard InChI is InChI=1S/C19H17ClF3N3OS2/c1-11-8-13(4-6-15(11)20)16-10-28-18(25-16)26-29(3,27)12(2)14-5-7-17(24-9-14)19(21,22)23/h4-10,12H,1-3H3. The zero-order chi connectivity index (χ0) is 21.4. The third-order valence-corrected chi connectivity index (χ3v) is 7.80. The van der Waals surface area contributed by atoms with Crippen molar-refractivity contribution in [2.45, 2.75) is 25.3 Å². The Morgan fingerprint density at radius 2 is 1.97 bits per heavy atom. The Labute approximate surface area is 176 Å². The molecule has 0 aliphatic heterocycles. The van der Waals surface area contributed by atoms with Crippen molar-refractivity contribution in [3.63, 3.8) is 0 Å². The lowest BCUT2D eigenvalue weighted by molar-refractivity contribution is -0.141. The van der Waals surface area contributed by atoms with Crippen LogP contribution in [-0.4, -0.2) is 20.4 Å². The molecule has 3 aromatic rings. The maximum Gasteiger partial charge on any atom is 0.433 e. The minimum Gasteiger partial charge on any atom is -0.251 e. The first-order chi connectivity index (χ1) is 13.5. The van der Waals surface area contributed by atoms with E-state index < -0.39 is 26.8 Å². The lowest BCUT2D eigenvalue weighted by atomic mass is 10.1. The number of alkyl halides is 3. The van der Waals surface area contributed by atoms with Crippen LogP contribution in [0.25, 0.3) is 11.3 Å². The van der Waals surface area contributed by atoms with Crippen molar-refractivity contribution in [2.75, 3.05) is 6.26 Å². The lowest BCUT2D eigenvalue weighted by Crippen LogP contribution is -2.11. The largest absolute Gasteiger partial charge is 0.433 e. The van der Waals surface area contributed by atoms with Gasteiger partial charge in [0.2, 0.25) is 5.13 Å².